The summed E-state index contributed by atoms with van der Waals surface area (Å²) in [6.45, 7) is 1.10. The summed E-state index contributed by atoms with van der Waals surface area (Å²) in [7, 11) is 4.21. The summed E-state index contributed by atoms with van der Waals surface area (Å²) in [5.74, 6) is 1.09. The highest BCUT2D eigenvalue weighted by atomic mass is 32.2. The quantitative estimate of drug-likeness (QED) is 0.430. The number of nitrogens with one attached hydrogen (secondary N) is 1. The lowest BCUT2D eigenvalue weighted by Gasteiger charge is -2.41. The Bertz CT molecular complexity index is 577. The number of thioether (sulfide) groups is 1. The highest BCUT2D eigenvalue weighted by molar-refractivity contribution is 8.01. The molecule has 2 aliphatic rings. The van der Waals surface area contributed by atoms with Gasteiger partial charge in [0.05, 0.1) is 10.4 Å². The van der Waals surface area contributed by atoms with Crippen LogP contribution < -0.4 is 5.32 Å². The Morgan fingerprint density at radius 3 is 2.29 bits per heavy atom. The van der Waals surface area contributed by atoms with E-state index in [0.29, 0.717) is 12.1 Å². The molecular weight excluding hydrogens is 388 g/mol. The van der Waals surface area contributed by atoms with Crippen molar-refractivity contribution in [3.05, 3.63) is 6.20 Å². The summed E-state index contributed by atoms with van der Waals surface area (Å²) in [5, 5.41) is 3.89. The van der Waals surface area contributed by atoms with Crippen LogP contribution in [0.5, 0.6) is 0 Å². The van der Waals surface area contributed by atoms with Crippen LogP contribution in [0.3, 0.4) is 0 Å². The van der Waals surface area contributed by atoms with Crippen molar-refractivity contribution >= 4 is 34.3 Å². The van der Waals surface area contributed by atoms with E-state index in [-0.39, 0.29) is 6.03 Å². The van der Waals surface area contributed by atoms with Crippen LogP contribution in [0.1, 0.15) is 70.6 Å². The Morgan fingerprint density at radius 2 is 1.71 bits per heavy atom. The Balaban J connectivity index is 1.56. The molecule has 2 fully saturated rings. The molecule has 7 heteroatoms. The minimum absolute atomic E-state index is 0.0808. The van der Waals surface area contributed by atoms with Crippen LogP contribution in [0, 0.1) is 0 Å². The van der Waals surface area contributed by atoms with Crippen LogP contribution in [0.25, 0.3) is 0 Å². The third-order valence-electron chi connectivity index (χ3n) is 5.86. The van der Waals surface area contributed by atoms with Gasteiger partial charge in [0.15, 0.2) is 5.13 Å². The second-order valence-corrected chi connectivity index (χ2v) is 10.8. The maximum Gasteiger partial charge on any atom is 0.324 e. The van der Waals surface area contributed by atoms with Gasteiger partial charge < -0.3 is 9.80 Å². The number of nitrogens with zero attached hydrogens (tertiary/aromatic N) is 3. The van der Waals surface area contributed by atoms with E-state index in [9.17, 15) is 4.79 Å². The van der Waals surface area contributed by atoms with Gasteiger partial charge in [-0.05, 0) is 52.7 Å². The van der Waals surface area contributed by atoms with E-state index in [4.69, 9.17) is 0 Å². The fourth-order valence-electron chi connectivity index (χ4n) is 4.44. The number of carbonyl (C=O) groups is 1. The van der Waals surface area contributed by atoms with E-state index in [1.54, 1.807) is 11.3 Å². The lowest BCUT2D eigenvalue weighted by Crippen LogP contribution is -2.50. The molecule has 0 saturated heterocycles. The molecule has 2 saturated carbocycles. The summed E-state index contributed by atoms with van der Waals surface area (Å²) in [6, 6.07) is 0.908. The van der Waals surface area contributed by atoms with E-state index in [1.165, 1.54) is 42.7 Å². The molecule has 0 atom stereocenters. The first-order valence-electron chi connectivity index (χ1n) is 11.0. The number of carbonyl (C=O) groups excluding carboxylic acids is 1. The molecule has 0 aromatic carbocycles. The van der Waals surface area contributed by atoms with Gasteiger partial charge >= 0.3 is 6.03 Å². The van der Waals surface area contributed by atoms with Gasteiger partial charge in [-0.25, -0.2) is 9.78 Å². The van der Waals surface area contributed by atoms with Crippen molar-refractivity contribution in [2.75, 3.05) is 31.7 Å². The molecule has 0 spiro atoms. The highest BCUT2D eigenvalue weighted by Crippen LogP contribution is 2.32. The molecule has 5 nitrogen and oxygen atoms in total. The molecule has 1 aromatic rings. The topological polar surface area (TPSA) is 48.5 Å². The lowest BCUT2D eigenvalue weighted by atomic mass is 9.89. The number of thiazole rings is 1. The molecule has 0 aliphatic heterocycles. The van der Waals surface area contributed by atoms with Crippen LogP contribution in [-0.2, 0) is 0 Å². The molecular formula is C21H36N4OS2. The van der Waals surface area contributed by atoms with Gasteiger partial charge in [0.2, 0.25) is 0 Å². The fraction of sp³-hybridized carbons (Fsp3) is 0.810. The first-order valence-corrected chi connectivity index (χ1v) is 12.8. The zero-order valence-corrected chi connectivity index (χ0v) is 19.1. The molecule has 2 aliphatic carbocycles. The van der Waals surface area contributed by atoms with Crippen molar-refractivity contribution < 1.29 is 4.79 Å². The lowest BCUT2D eigenvalue weighted by molar-refractivity contribution is 0.114. The van der Waals surface area contributed by atoms with E-state index < -0.39 is 0 Å². The maximum absolute atomic E-state index is 13.2. The van der Waals surface area contributed by atoms with Gasteiger partial charge in [-0.3, -0.25) is 5.32 Å². The van der Waals surface area contributed by atoms with Crippen LogP contribution in [0.15, 0.2) is 10.4 Å². The Hall–Kier alpha value is -0.790. The van der Waals surface area contributed by atoms with Crippen LogP contribution >= 0.6 is 23.1 Å². The average Bonchev–Trinajstić information content (AvgIpc) is 3.14. The van der Waals surface area contributed by atoms with Crippen LogP contribution in [0.4, 0.5) is 9.93 Å². The smallest absolute Gasteiger partial charge is 0.319 e. The zero-order valence-electron chi connectivity index (χ0n) is 17.5. The summed E-state index contributed by atoms with van der Waals surface area (Å²) < 4.78 is 1.19. The molecule has 158 valence electrons. The summed E-state index contributed by atoms with van der Waals surface area (Å²) in [5.41, 5.74) is 0. The second kappa shape index (κ2) is 11.4. The predicted molar refractivity (Wildman–Crippen MR) is 121 cm³/mol. The van der Waals surface area contributed by atoms with Crippen molar-refractivity contribution in [2.45, 2.75) is 86.9 Å². The maximum atomic E-state index is 13.2. The molecule has 1 N–H and O–H groups in total. The van der Waals surface area contributed by atoms with Gasteiger partial charge in [-0.15, -0.1) is 11.8 Å². The number of aromatic nitrogens is 1. The number of urea groups is 1. The molecule has 1 aromatic heterocycles. The standard InChI is InChI=1S/C21H36N4OS2/c1-24(2)14-9-15-27-19-16-22-20(28-19)23-21(26)25(17-10-5-3-6-11-17)18-12-7-4-8-13-18/h16-18H,3-15H2,1-2H3,(H,22,23,26). The van der Waals surface area contributed by atoms with Gasteiger partial charge in [0.25, 0.3) is 0 Å². The fourth-order valence-corrected chi connectivity index (χ4v) is 6.31. The Labute approximate surface area is 178 Å². The van der Waals surface area contributed by atoms with Gasteiger partial charge in [-0.2, -0.15) is 0 Å². The summed E-state index contributed by atoms with van der Waals surface area (Å²) in [4.78, 5) is 22.1. The average molecular weight is 425 g/mol. The molecule has 0 unspecified atom stereocenters. The number of anilines is 1. The third kappa shape index (κ3) is 6.63. The molecule has 0 bridgehead atoms. The third-order valence-corrected chi connectivity index (χ3v) is 8.06. The SMILES string of the molecule is CN(C)CCCSc1cnc(NC(=O)N(C2CCCCC2)C2CCCCC2)s1. The number of hydrogen-bond acceptors (Lipinski definition) is 5. The summed E-state index contributed by atoms with van der Waals surface area (Å²) in [6.07, 6.45) is 15.4. The van der Waals surface area contributed by atoms with Crippen molar-refractivity contribution in [2.24, 2.45) is 0 Å². The minimum Gasteiger partial charge on any atom is -0.319 e. The molecule has 0 radical (unpaired) electrons. The first kappa shape index (κ1) is 21.9. The number of hydrogen-bond donors (Lipinski definition) is 1. The van der Waals surface area contributed by atoms with Crippen LogP contribution in [0.2, 0.25) is 0 Å². The molecule has 2 amide bonds. The van der Waals surface area contributed by atoms with E-state index in [1.807, 2.05) is 18.0 Å². The number of rotatable bonds is 8. The molecule has 28 heavy (non-hydrogen) atoms. The molecule has 3 rings (SSSR count). The largest absolute Gasteiger partial charge is 0.324 e. The zero-order chi connectivity index (χ0) is 19.8. The Morgan fingerprint density at radius 1 is 1.11 bits per heavy atom. The van der Waals surface area contributed by atoms with E-state index in [2.05, 4.69) is 34.2 Å². The van der Waals surface area contributed by atoms with Crippen molar-refractivity contribution in [1.82, 2.24) is 14.8 Å². The monoisotopic (exact) mass is 424 g/mol. The van der Waals surface area contributed by atoms with E-state index in [0.717, 1.165) is 49.5 Å². The number of amides is 2. The minimum atomic E-state index is 0.0808. The predicted octanol–water partition coefficient (Wildman–Crippen LogP) is 5.69. The van der Waals surface area contributed by atoms with Gasteiger partial charge in [0, 0.05) is 17.8 Å². The van der Waals surface area contributed by atoms with Crippen molar-refractivity contribution in [3.8, 4) is 0 Å². The summed E-state index contributed by atoms with van der Waals surface area (Å²) >= 11 is 3.45. The van der Waals surface area contributed by atoms with Crippen molar-refractivity contribution in [3.63, 3.8) is 0 Å². The van der Waals surface area contributed by atoms with E-state index >= 15 is 0 Å². The first-order chi connectivity index (χ1) is 13.6. The Kier molecular flexibility index (Phi) is 8.93. The van der Waals surface area contributed by atoms with Gasteiger partial charge in [-0.1, -0.05) is 49.9 Å². The second-order valence-electron chi connectivity index (χ2n) is 8.41. The normalized spacial score (nSPS) is 19.1. The van der Waals surface area contributed by atoms with Crippen molar-refractivity contribution in [1.29, 1.82) is 0 Å². The van der Waals surface area contributed by atoms with Crippen LogP contribution in [-0.4, -0.2) is 59.3 Å². The van der Waals surface area contributed by atoms with Gasteiger partial charge in [0.1, 0.15) is 0 Å². The molecule has 1 heterocycles. The highest BCUT2D eigenvalue weighted by Gasteiger charge is 2.32.